The summed E-state index contributed by atoms with van der Waals surface area (Å²) in [5.41, 5.74) is 7.09. The van der Waals surface area contributed by atoms with E-state index in [1.54, 1.807) is 7.11 Å². The molecule has 0 radical (unpaired) electrons. The van der Waals surface area contributed by atoms with Gasteiger partial charge in [-0.2, -0.15) is 0 Å². The Balaban J connectivity index is 2.10. The van der Waals surface area contributed by atoms with Gasteiger partial charge in [0.25, 0.3) is 0 Å². The van der Waals surface area contributed by atoms with Crippen LogP contribution in [0.2, 0.25) is 0 Å². The lowest BCUT2D eigenvalue weighted by Gasteiger charge is -2.20. The molecule has 1 aromatic carbocycles. The van der Waals surface area contributed by atoms with Gasteiger partial charge < -0.3 is 15.2 Å². The Morgan fingerprint density at radius 2 is 1.85 bits per heavy atom. The first-order valence-corrected chi connectivity index (χ1v) is 7.78. The smallest absolute Gasteiger partial charge is 0.161 e. The highest BCUT2D eigenvalue weighted by Crippen LogP contribution is 2.32. The third-order valence-corrected chi connectivity index (χ3v) is 3.88. The van der Waals surface area contributed by atoms with Crippen molar-refractivity contribution in [2.75, 3.05) is 7.11 Å². The largest absolute Gasteiger partial charge is 0.493 e. The minimum atomic E-state index is 0.161. The third-order valence-electron chi connectivity index (χ3n) is 3.88. The number of rotatable bonds is 5. The average molecular weight is 277 g/mol. The topological polar surface area (TPSA) is 44.5 Å². The molecule has 20 heavy (non-hydrogen) atoms. The van der Waals surface area contributed by atoms with Gasteiger partial charge in [-0.05, 0) is 56.7 Å². The number of nitrogens with two attached hydrogens (primary N) is 1. The molecule has 0 heterocycles. The lowest BCUT2D eigenvalue weighted by molar-refractivity contribution is 0.176. The summed E-state index contributed by atoms with van der Waals surface area (Å²) < 4.78 is 11.6. The summed E-state index contributed by atoms with van der Waals surface area (Å²) in [4.78, 5) is 0. The lowest BCUT2D eigenvalue weighted by atomic mass is 10.1. The molecule has 1 unspecified atom stereocenters. The molecule has 0 saturated heterocycles. The van der Waals surface area contributed by atoms with Crippen LogP contribution < -0.4 is 15.2 Å². The fraction of sp³-hybridized carbons (Fsp3) is 0.647. The monoisotopic (exact) mass is 277 g/mol. The van der Waals surface area contributed by atoms with Gasteiger partial charge in [0.2, 0.25) is 0 Å². The van der Waals surface area contributed by atoms with Gasteiger partial charge in [0.15, 0.2) is 11.5 Å². The van der Waals surface area contributed by atoms with Crippen molar-refractivity contribution < 1.29 is 9.47 Å². The zero-order valence-electron chi connectivity index (χ0n) is 12.7. The highest BCUT2D eigenvalue weighted by atomic mass is 16.5. The van der Waals surface area contributed by atoms with Crippen molar-refractivity contribution in [1.82, 2.24) is 0 Å². The van der Waals surface area contributed by atoms with Crippen molar-refractivity contribution >= 4 is 0 Å². The van der Waals surface area contributed by atoms with Crippen LogP contribution in [0.15, 0.2) is 18.2 Å². The van der Waals surface area contributed by atoms with E-state index in [1.807, 2.05) is 13.0 Å². The molecule has 0 bridgehead atoms. The van der Waals surface area contributed by atoms with Gasteiger partial charge in [-0.15, -0.1) is 0 Å². The van der Waals surface area contributed by atoms with Crippen molar-refractivity contribution in [2.24, 2.45) is 5.73 Å². The van der Waals surface area contributed by atoms with Crippen LogP contribution in [0.4, 0.5) is 0 Å². The van der Waals surface area contributed by atoms with E-state index < -0.39 is 0 Å². The zero-order chi connectivity index (χ0) is 14.4. The van der Waals surface area contributed by atoms with Crippen LogP contribution in [0.25, 0.3) is 0 Å². The molecule has 3 heteroatoms. The van der Waals surface area contributed by atoms with E-state index in [9.17, 15) is 0 Å². The van der Waals surface area contributed by atoms with Gasteiger partial charge in [-0.25, -0.2) is 0 Å². The Kier molecular flexibility index (Phi) is 5.72. The first-order valence-electron chi connectivity index (χ1n) is 7.78. The summed E-state index contributed by atoms with van der Waals surface area (Å²) in [7, 11) is 1.69. The maximum Gasteiger partial charge on any atom is 0.161 e. The van der Waals surface area contributed by atoms with Crippen LogP contribution in [0, 0.1) is 0 Å². The summed E-state index contributed by atoms with van der Waals surface area (Å²) >= 11 is 0. The molecule has 1 aromatic rings. The second kappa shape index (κ2) is 7.53. The summed E-state index contributed by atoms with van der Waals surface area (Å²) in [5.74, 6) is 1.69. The Labute approximate surface area is 122 Å². The molecule has 0 spiro atoms. The predicted octanol–water partition coefficient (Wildman–Crippen LogP) is 3.69. The van der Waals surface area contributed by atoms with Crippen molar-refractivity contribution in [3.63, 3.8) is 0 Å². The molecule has 0 aromatic heterocycles. The summed E-state index contributed by atoms with van der Waals surface area (Å²) in [6, 6.07) is 6.31. The second-order valence-corrected chi connectivity index (χ2v) is 5.90. The molecule has 1 fully saturated rings. The van der Waals surface area contributed by atoms with Gasteiger partial charge in [0, 0.05) is 6.04 Å². The molecular formula is C17H27NO2. The van der Waals surface area contributed by atoms with E-state index in [0.717, 1.165) is 30.8 Å². The molecule has 2 rings (SSSR count). The van der Waals surface area contributed by atoms with Crippen molar-refractivity contribution in [1.29, 1.82) is 0 Å². The normalized spacial score (nSPS) is 18.4. The van der Waals surface area contributed by atoms with Gasteiger partial charge in [-0.3, -0.25) is 0 Å². The van der Waals surface area contributed by atoms with Gasteiger partial charge in [-0.1, -0.05) is 18.9 Å². The van der Waals surface area contributed by atoms with Crippen LogP contribution in [-0.4, -0.2) is 19.3 Å². The third kappa shape index (κ3) is 4.41. The first-order chi connectivity index (χ1) is 9.69. The molecule has 0 aliphatic heterocycles. The van der Waals surface area contributed by atoms with Crippen molar-refractivity contribution in [3.8, 4) is 11.5 Å². The average Bonchev–Trinajstić information content (AvgIpc) is 2.67. The minimum absolute atomic E-state index is 0.161. The van der Waals surface area contributed by atoms with Crippen molar-refractivity contribution in [3.05, 3.63) is 23.8 Å². The summed E-state index contributed by atoms with van der Waals surface area (Å²) in [6.45, 7) is 2.02. The number of ether oxygens (including phenoxy) is 2. The summed E-state index contributed by atoms with van der Waals surface area (Å²) in [6.07, 6.45) is 8.71. The van der Waals surface area contributed by atoms with Crippen LogP contribution in [0.1, 0.15) is 51.0 Å². The fourth-order valence-corrected chi connectivity index (χ4v) is 2.85. The van der Waals surface area contributed by atoms with E-state index >= 15 is 0 Å². The molecule has 1 saturated carbocycles. The molecule has 2 N–H and O–H groups in total. The van der Waals surface area contributed by atoms with Crippen molar-refractivity contribution in [2.45, 2.75) is 64.0 Å². The van der Waals surface area contributed by atoms with E-state index in [1.165, 1.54) is 31.2 Å². The first kappa shape index (κ1) is 15.2. The molecule has 112 valence electrons. The Hall–Kier alpha value is -1.22. The zero-order valence-corrected chi connectivity index (χ0v) is 12.7. The molecule has 1 atom stereocenters. The fourth-order valence-electron chi connectivity index (χ4n) is 2.85. The molecule has 1 aliphatic rings. The highest BCUT2D eigenvalue weighted by molar-refractivity contribution is 5.43. The van der Waals surface area contributed by atoms with Crippen LogP contribution >= 0.6 is 0 Å². The van der Waals surface area contributed by atoms with E-state index in [0.29, 0.717) is 6.10 Å². The number of hydrogen-bond acceptors (Lipinski definition) is 3. The van der Waals surface area contributed by atoms with Gasteiger partial charge >= 0.3 is 0 Å². The molecule has 0 amide bonds. The minimum Gasteiger partial charge on any atom is -0.493 e. The van der Waals surface area contributed by atoms with Crippen LogP contribution in [0.5, 0.6) is 11.5 Å². The molecular weight excluding hydrogens is 250 g/mol. The SMILES string of the molecule is COc1ccc(CC(C)N)cc1OC1CCCCCC1. The Morgan fingerprint density at radius 3 is 2.45 bits per heavy atom. The van der Waals surface area contributed by atoms with Gasteiger partial charge in [0.1, 0.15) is 0 Å². The van der Waals surface area contributed by atoms with E-state index in [-0.39, 0.29) is 6.04 Å². The Morgan fingerprint density at radius 1 is 1.15 bits per heavy atom. The number of hydrogen-bond donors (Lipinski definition) is 1. The maximum atomic E-state index is 6.21. The number of benzene rings is 1. The standard InChI is InChI=1S/C17H27NO2/c1-13(18)11-14-9-10-16(19-2)17(12-14)20-15-7-5-3-4-6-8-15/h9-10,12-13,15H,3-8,11,18H2,1-2H3. The molecule has 3 nitrogen and oxygen atoms in total. The van der Waals surface area contributed by atoms with Crippen LogP contribution in [-0.2, 0) is 6.42 Å². The number of methoxy groups -OCH3 is 1. The Bertz CT molecular complexity index is 409. The maximum absolute atomic E-state index is 6.21. The summed E-state index contributed by atoms with van der Waals surface area (Å²) in [5, 5.41) is 0. The van der Waals surface area contributed by atoms with E-state index in [2.05, 4.69) is 12.1 Å². The molecule has 1 aliphatic carbocycles. The van der Waals surface area contributed by atoms with Crippen LogP contribution in [0.3, 0.4) is 0 Å². The quantitative estimate of drug-likeness (QED) is 0.835. The lowest BCUT2D eigenvalue weighted by Crippen LogP contribution is -2.18. The predicted molar refractivity (Wildman–Crippen MR) is 82.5 cm³/mol. The van der Waals surface area contributed by atoms with Gasteiger partial charge in [0.05, 0.1) is 13.2 Å². The second-order valence-electron chi connectivity index (χ2n) is 5.90. The highest BCUT2D eigenvalue weighted by Gasteiger charge is 2.16. The van der Waals surface area contributed by atoms with E-state index in [4.69, 9.17) is 15.2 Å².